The number of hydrogen-bond acceptors (Lipinski definition) is 4. The van der Waals surface area contributed by atoms with Gasteiger partial charge >= 0.3 is 5.97 Å². The second-order valence-electron chi connectivity index (χ2n) is 15.0. The van der Waals surface area contributed by atoms with Gasteiger partial charge in [0, 0.05) is 6.61 Å². The fourth-order valence-electron chi connectivity index (χ4n) is 6.83. The number of para-hydroxylation sites is 2. The van der Waals surface area contributed by atoms with Gasteiger partial charge in [0.25, 0.3) is 0 Å². The third kappa shape index (κ3) is 23.8. The van der Waals surface area contributed by atoms with Gasteiger partial charge in [-0.15, -0.1) is 0 Å². The van der Waals surface area contributed by atoms with Crippen molar-refractivity contribution in [2.24, 2.45) is 0 Å². The molecule has 0 aromatic heterocycles. The molecule has 1 atom stereocenters. The number of hydrogen-bond donors (Lipinski definition) is 0. The lowest BCUT2D eigenvalue weighted by Crippen LogP contribution is -2.10. The molecule has 0 spiro atoms. The van der Waals surface area contributed by atoms with E-state index in [0.717, 1.165) is 25.0 Å². The van der Waals surface area contributed by atoms with E-state index in [0.29, 0.717) is 23.7 Å². The lowest BCUT2D eigenvalue weighted by molar-refractivity contribution is 0.0625. The van der Waals surface area contributed by atoms with Crippen molar-refractivity contribution in [3.63, 3.8) is 0 Å². The molecule has 0 saturated heterocycles. The van der Waals surface area contributed by atoms with Crippen molar-refractivity contribution in [3.05, 3.63) is 59.7 Å². The van der Waals surface area contributed by atoms with Crippen molar-refractivity contribution in [2.75, 3.05) is 13.2 Å². The molecule has 1 unspecified atom stereocenters. The van der Waals surface area contributed by atoms with Crippen molar-refractivity contribution in [2.45, 2.75) is 207 Å². The molecule has 0 saturated carbocycles. The molecule has 290 valence electrons. The van der Waals surface area contributed by atoms with Crippen LogP contribution in [0.2, 0.25) is 0 Å². The molecule has 0 bridgehead atoms. The van der Waals surface area contributed by atoms with Crippen LogP contribution in [0, 0.1) is 0 Å². The number of esters is 1. The zero-order valence-corrected chi connectivity index (χ0v) is 33.5. The molecule has 0 aliphatic carbocycles. The number of ether oxygens (including phenoxy) is 3. The second-order valence-corrected chi connectivity index (χ2v) is 15.0. The van der Waals surface area contributed by atoms with Crippen LogP contribution in [0.3, 0.4) is 0 Å². The highest BCUT2D eigenvalue weighted by Crippen LogP contribution is 2.28. The highest BCUT2D eigenvalue weighted by molar-refractivity contribution is 5.91. The second kappa shape index (κ2) is 32.3. The predicted molar refractivity (Wildman–Crippen MR) is 218 cm³/mol. The van der Waals surface area contributed by atoms with Crippen LogP contribution in [0.15, 0.2) is 48.5 Å². The first kappa shape index (κ1) is 44.8. The van der Waals surface area contributed by atoms with E-state index in [9.17, 15) is 4.79 Å². The zero-order valence-electron chi connectivity index (χ0n) is 33.5. The van der Waals surface area contributed by atoms with Gasteiger partial charge in [0.05, 0.1) is 18.3 Å². The van der Waals surface area contributed by atoms with E-state index in [1.807, 2.05) is 42.5 Å². The summed E-state index contributed by atoms with van der Waals surface area (Å²) in [7, 11) is 0. The first-order valence-electron chi connectivity index (χ1n) is 21.8. The Morgan fingerprint density at radius 1 is 0.471 bits per heavy atom. The van der Waals surface area contributed by atoms with E-state index in [2.05, 4.69) is 20.8 Å². The van der Waals surface area contributed by atoms with Crippen molar-refractivity contribution in [3.8, 4) is 11.5 Å². The van der Waals surface area contributed by atoms with Gasteiger partial charge in [-0.25, -0.2) is 4.79 Å². The van der Waals surface area contributed by atoms with E-state index >= 15 is 0 Å². The summed E-state index contributed by atoms with van der Waals surface area (Å²) in [5.41, 5.74) is 1.60. The Hall–Kier alpha value is -2.33. The number of benzene rings is 2. The van der Waals surface area contributed by atoms with E-state index < -0.39 is 0 Å². The summed E-state index contributed by atoms with van der Waals surface area (Å²) in [6.45, 7) is 8.06. The maximum atomic E-state index is 13.0. The molecular weight excluding hydrogens is 629 g/mol. The van der Waals surface area contributed by atoms with Crippen LogP contribution < -0.4 is 9.47 Å². The van der Waals surface area contributed by atoms with E-state index in [1.165, 1.54) is 167 Å². The highest BCUT2D eigenvalue weighted by Gasteiger charge is 2.14. The van der Waals surface area contributed by atoms with Gasteiger partial charge in [0.15, 0.2) is 11.5 Å². The molecule has 0 heterocycles. The number of carbonyl (C=O) groups excluding carboxylic acids is 1. The van der Waals surface area contributed by atoms with Crippen LogP contribution in [0.25, 0.3) is 0 Å². The summed E-state index contributed by atoms with van der Waals surface area (Å²) in [4.78, 5) is 13.0. The van der Waals surface area contributed by atoms with Crippen LogP contribution in [-0.2, 0) is 4.74 Å². The summed E-state index contributed by atoms with van der Waals surface area (Å²) in [6, 6.07) is 15.1. The Labute approximate surface area is 315 Å². The average molecular weight is 707 g/mol. The summed E-state index contributed by atoms with van der Waals surface area (Å²) in [6.07, 6.45) is 37.8. The molecule has 0 radical (unpaired) electrons. The Bertz CT molecular complexity index is 1060. The van der Waals surface area contributed by atoms with Gasteiger partial charge in [-0.2, -0.15) is 0 Å². The highest BCUT2D eigenvalue weighted by atomic mass is 16.6. The molecule has 0 fully saturated rings. The standard InChI is InChI=1S/C47H78O4/c1-4-6-8-10-12-14-16-17-18-19-20-21-22-23-25-26-28-32-40-49-42(3)43-36-38-44(39-37-43)47(48)51-46-35-31-30-34-45(46)50-41-33-29-27-24-15-13-11-9-7-5-2/h30-31,34-39,42H,4-29,32-33,40-41H2,1-3H3. The third-order valence-corrected chi connectivity index (χ3v) is 10.3. The van der Waals surface area contributed by atoms with Gasteiger partial charge in [-0.3, -0.25) is 0 Å². The fraction of sp³-hybridized carbons (Fsp3) is 0.723. The van der Waals surface area contributed by atoms with Crippen LogP contribution in [0.5, 0.6) is 11.5 Å². The first-order valence-corrected chi connectivity index (χ1v) is 21.8. The molecule has 0 aliphatic heterocycles. The first-order chi connectivity index (χ1) is 25.2. The van der Waals surface area contributed by atoms with Gasteiger partial charge in [0.2, 0.25) is 0 Å². The Morgan fingerprint density at radius 3 is 1.27 bits per heavy atom. The molecule has 2 rings (SSSR count). The van der Waals surface area contributed by atoms with E-state index in [4.69, 9.17) is 14.2 Å². The minimum absolute atomic E-state index is 0.000728. The van der Waals surface area contributed by atoms with Crippen LogP contribution >= 0.6 is 0 Å². The topological polar surface area (TPSA) is 44.8 Å². The summed E-state index contributed by atoms with van der Waals surface area (Å²) >= 11 is 0. The summed E-state index contributed by atoms with van der Waals surface area (Å²) in [5, 5.41) is 0. The predicted octanol–water partition coefficient (Wildman–Crippen LogP) is 15.3. The molecule has 0 aliphatic rings. The Morgan fingerprint density at radius 2 is 0.843 bits per heavy atom. The van der Waals surface area contributed by atoms with Crippen LogP contribution in [0.1, 0.15) is 223 Å². The normalized spacial score (nSPS) is 11.9. The minimum Gasteiger partial charge on any atom is -0.490 e. The molecule has 2 aromatic carbocycles. The van der Waals surface area contributed by atoms with Gasteiger partial charge in [-0.05, 0) is 49.6 Å². The van der Waals surface area contributed by atoms with Crippen molar-refractivity contribution < 1.29 is 19.0 Å². The van der Waals surface area contributed by atoms with Crippen LogP contribution in [0.4, 0.5) is 0 Å². The van der Waals surface area contributed by atoms with Crippen molar-refractivity contribution in [1.82, 2.24) is 0 Å². The lowest BCUT2D eigenvalue weighted by Gasteiger charge is -2.14. The summed E-state index contributed by atoms with van der Waals surface area (Å²) in [5.74, 6) is 0.726. The smallest absolute Gasteiger partial charge is 0.343 e. The molecule has 51 heavy (non-hydrogen) atoms. The van der Waals surface area contributed by atoms with Crippen molar-refractivity contribution in [1.29, 1.82) is 0 Å². The van der Waals surface area contributed by atoms with E-state index in [-0.39, 0.29) is 12.1 Å². The molecule has 2 aromatic rings. The van der Waals surface area contributed by atoms with Gasteiger partial charge in [0.1, 0.15) is 0 Å². The zero-order chi connectivity index (χ0) is 36.5. The lowest BCUT2D eigenvalue weighted by atomic mass is 10.0. The van der Waals surface area contributed by atoms with Gasteiger partial charge in [-0.1, -0.05) is 205 Å². The SMILES string of the molecule is CCCCCCCCCCCCCCCCCCCCOC(C)c1ccc(C(=O)Oc2ccccc2OCCCCCCCCCCCC)cc1. The Balaban J connectivity index is 1.49. The number of carbonyl (C=O) groups is 1. The largest absolute Gasteiger partial charge is 0.490 e. The quantitative estimate of drug-likeness (QED) is 0.0407. The minimum atomic E-state index is -0.371. The average Bonchev–Trinajstić information content (AvgIpc) is 3.15. The van der Waals surface area contributed by atoms with Crippen LogP contribution in [-0.4, -0.2) is 19.2 Å². The van der Waals surface area contributed by atoms with E-state index in [1.54, 1.807) is 6.07 Å². The summed E-state index contributed by atoms with van der Waals surface area (Å²) < 4.78 is 17.9. The maximum absolute atomic E-state index is 13.0. The molecular formula is C47H78O4. The van der Waals surface area contributed by atoms with Gasteiger partial charge < -0.3 is 14.2 Å². The maximum Gasteiger partial charge on any atom is 0.343 e. The molecule has 0 N–H and O–H groups in total. The monoisotopic (exact) mass is 707 g/mol. The molecule has 4 heteroatoms. The van der Waals surface area contributed by atoms with Crippen molar-refractivity contribution >= 4 is 5.97 Å². The number of unbranched alkanes of at least 4 members (excludes halogenated alkanes) is 26. The fourth-order valence-corrected chi connectivity index (χ4v) is 6.83. The third-order valence-electron chi connectivity index (χ3n) is 10.3. The molecule has 4 nitrogen and oxygen atoms in total. The molecule has 0 amide bonds. The Kier molecular flexibility index (Phi) is 28.4. The number of rotatable bonds is 35.